The number of rotatable bonds is 0. The molecule has 1 aliphatic heterocycles. The second-order valence-electron chi connectivity index (χ2n) is 7.58. The maximum Gasteiger partial charge on any atom is 0.414 e. The fourth-order valence-corrected chi connectivity index (χ4v) is 4.04. The first kappa shape index (κ1) is 13.6. The maximum absolute atomic E-state index is 12.5. The van der Waals surface area contributed by atoms with Crippen LogP contribution in [0.4, 0.5) is 4.79 Å². The van der Waals surface area contributed by atoms with Crippen LogP contribution < -0.4 is 0 Å². The minimum atomic E-state index is -0.536. The molecule has 1 amide bonds. The fourth-order valence-electron chi connectivity index (χ4n) is 4.04. The highest BCUT2D eigenvalue weighted by molar-refractivity contribution is 6.08. The van der Waals surface area contributed by atoms with Gasteiger partial charge in [-0.05, 0) is 51.2 Å². The van der Waals surface area contributed by atoms with Crippen LogP contribution in [-0.4, -0.2) is 33.9 Å². The Morgan fingerprint density at radius 2 is 2.18 bits per heavy atom. The molecule has 0 aromatic carbocycles. The van der Waals surface area contributed by atoms with Crippen LogP contribution in [0.15, 0.2) is 18.0 Å². The third-order valence-electron chi connectivity index (χ3n) is 4.91. The van der Waals surface area contributed by atoms with Gasteiger partial charge >= 0.3 is 6.09 Å². The zero-order valence-electron chi connectivity index (χ0n) is 13.3. The predicted molar refractivity (Wildman–Crippen MR) is 80.7 cm³/mol. The molecule has 2 fully saturated rings. The van der Waals surface area contributed by atoms with Crippen LogP contribution in [0.25, 0.3) is 0 Å². The Morgan fingerprint density at radius 3 is 2.86 bits per heavy atom. The van der Waals surface area contributed by atoms with Crippen LogP contribution in [0.5, 0.6) is 0 Å². The monoisotopic (exact) mass is 300 g/mol. The number of hydrogen-bond acceptors (Lipinski definition) is 3. The first-order chi connectivity index (χ1) is 10.2. The molecule has 1 saturated heterocycles. The predicted octanol–water partition coefficient (Wildman–Crippen LogP) is 2.91. The molecule has 5 heteroatoms. The molecule has 3 aliphatic rings. The van der Waals surface area contributed by atoms with Crippen LogP contribution in [0.1, 0.15) is 48.8 Å². The van der Waals surface area contributed by atoms with Crippen molar-refractivity contribution < 1.29 is 14.3 Å². The highest BCUT2D eigenvalue weighted by Crippen LogP contribution is 2.67. The summed E-state index contributed by atoms with van der Waals surface area (Å²) in [6.45, 7) is 8.22. The van der Waals surface area contributed by atoms with Crippen LogP contribution in [0, 0.1) is 12.8 Å². The number of likely N-dealkylation sites (tertiary alicyclic amines) is 1. The Bertz CT molecular complexity index is 738. The van der Waals surface area contributed by atoms with E-state index in [2.05, 4.69) is 4.98 Å². The highest BCUT2D eigenvalue weighted by Gasteiger charge is 2.68. The Balaban J connectivity index is 1.75. The van der Waals surface area contributed by atoms with Gasteiger partial charge in [0.25, 0.3) is 0 Å². The number of fused-ring (bicyclic) bond motifs is 1. The number of piperidine rings is 1. The molecule has 2 heterocycles. The normalized spacial score (nSPS) is 28.7. The van der Waals surface area contributed by atoms with Crippen molar-refractivity contribution in [2.75, 3.05) is 6.54 Å². The number of carbonyl (C=O) groups is 2. The molecular weight excluding hydrogens is 280 g/mol. The van der Waals surface area contributed by atoms with Gasteiger partial charge < -0.3 is 9.72 Å². The van der Waals surface area contributed by atoms with Gasteiger partial charge in [0.2, 0.25) is 5.78 Å². The molecule has 0 radical (unpaired) electrons. The molecule has 0 bridgehead atoms. The van der Waals surface area contributed by atoms with Gasteiger partial charge in [0.1, 0.15) is 5.60 Å². The van der Waals surface area contributed by atoms with Crippen LogP contribution in [-0.2, 0) is 10.2 Å². The fraction of sp³-hybridized carbons (Fsp3) is 0.529. The summed E-state index contributed by atoms with van der Waals surface area (Å²) in [7, 11) is 0. The molecule has 1 spiro atoms. The largest absolute Gasteiger partial charge is 0.443 e. The van der Waals surface area contributed by atoms with Gasteiger partial charge in [0.15, 0.2) is 0 Å². The first-order valence-electron chi connectivity index (χ1n) is 7.69. The van der Waals surface area contributed by atoms with E-state index in [0.717, 1.165) is 23.2 Å². The summed E-state index contributed by atoms with van der Waals surface area (Å²) in [6, 6.07) is 0. The van der Waals surface area contributed by atoms with Crippen molar-refractivity contribution >= 4 is 11.9 Å². The lowest BCUT2D eigenvalue weighted by Crippen LogP contribution is -2.37. The summed E-state index contributed by atoms with van der Waals surface area (Å²) in [5.74, 6) is 0.345. The lowest BCUT2D eigenvalue weighted by molar-refractivity contribution is 0.0322. The van der Waals surface area contributed by atoms with Gasteiger partial charge in [-0.25, -0.2) is 4.79 Å². The molecule has 1 unspecified atom stereocenters. The summed E-state index contributed by atoms with van der Waals surface area (Å²) in [6.07, 6.45) is 4.17. The van der Waals surface area contributed by atoms with Gasteiger partial charge in [-0.3, -0.25) is 9.69 Å². The number of aryl methyl sites for hydroxylation is 1. The Kier molecular flexibility index (Phi) is 2.37. The molecule has 22 heavy (non-hydrogen) atoms. The number of H-pyrrole nitrogens is 1. The van der Waals surface area contributed by atoms with Crippen molar-refractivity contribution in [1.82, 2.24) is 9.88 Å². The second-order valence-corrected chi connectivity index (χ2v) is 7.58. The summed E-state index contributed by atoms with van der Waals surface area (Å²) in [5, 5.41) is 0. The number of amides is 1. The van der Waals surface area contributed by atoms with E-state index in [0.29, 0.717) is 18.2 Å². The minimum Gasteiger partial charge on any atom is -0.443 e. The zero-order valence-corrected chi connectivity index (χ0v) is 13.3. The molecule has 2 atom stereocenters. The van der Waals surface area contributed by atoms with Crippen molar-refractivity contribution in [3.8, 4) is 0 Å². The number of aromatic amines is 1. The maximum atomic E-state index is 12.5. The number of ether oxygens (including phenoxy) is 1. The zero-order chi connectivity index (χ0) is 15.9. The molecule has 2 aliphatic carbocycles. The highest BCUT2D eigenvalue weighted by atomic mass is 16.6. The standard InChI is InChI=1S/C17H20N2O3/c1-9-7-18-14-11(20)5-12-17(13(9)14)6-10(17)8-19(12)15(21)22-16(2,3)4/h5,7,10,18H,6,8H2,1-4H3/t10?,17-/m0/s1. The number of aromatic nitrogens is 1. The van der Waals surface area contributed by atoms with Crippen molar-refractivity contribution in [3.05, 3.63) is 34.8 Å². The Hall–Kier alpha value is -2.04. The Labute approximate surface area is 129 Å². The molecule has 116 valence electrons. The summed E-state index contributed by atoms with van der Waals surface area (Å²) in [4.78, 5) is 29.6. The lowest BCUT2D eigenvalue weighted by Gasteiger charge is -2.30. The number of ketones is 1. The molecule has 1 N–H and O–H groups in total. The number of carbonyl (C=O) groups excluding carboxylic acids is 2. The van der Waals surface area contributed by atoms with E-state index in [1.54, 1.807) is 11.0 Å². The van der Waals surface area contributed by atoms with E-state index < -0.39 is 5.60 Å². The summed E-state index contributed by atoms with van der Waals surface area (Å²) >= 11 is 0. The van der Waals surface area contributed by atoms with Crippen molar-refractivity contribution in [2.24, 2.45) is 5.92 Å². The van der Waals surface area contributed by atoms with E-state index in [1.807, 2.05) is 33.9 Å². The van der Waals surface area contributed by atoms with Gasteiger partial charge in [-0.1, -0.05) is 0 Å². The average molecular weight is 300 g/mol. The topological polar surface area (TPSA) is 62.4 Å². The molecule has 1 aromatic heterocycles. The first-order valence-corrected chi connectivity index (χ1v) is 7.69. The Morgan fingerprint density at radius 1 is 1.45 bits per heavy atom. The quantitative estimate of drug-likeness (QED) is 0.801. The lowest BCUT2D eigenvalue weighted by atomic mass is 9.83. The van der Waals surface area contributed by atoms with Gasteiger partial charge in [0.05, 0.1) is 5.69 Å². The summed E-state index contributed by atoms with van der Waals surface area (Å²) in [5.41, 5.74) is 3.02. The SMILES string of the molecule is Cc1c[nH]c2c1[C@@]13CC1CN(C(=O)OC(C)(C)C)C3=CC2=O. The number of allylic oxidation sites excluding steroid dienone is 2. The van der Waals surface area contributed by atoms with Gasteiger partial charge in [0, 0.05) is 29.9 Å². The van der Waals surface area contributed by atoms with E-state index in [1.165, 1.54) is 0 Å². The van der Waals surface area contributed by atoms with Crippen molar-refractivity contribution in [1.29, 1.82) is 0 Å². The second kappa shape index (κ2) is 3.83. The number of nitrogens with zero attached hydrogens (tertiary/aromatic N) is 1. The van der Waals surface area contributed by atoms with E-state index in [-0.39, 0.29) is 17.3 Å². The van der Waals surface area contributed by atoms with E-state index in [4.69, 9.17) is 4.74 Å². The van der Waals surface area contributed by atoms with Crippen molar-refractivity contribution in [3.63, 3.8) is 0 Å². The van der Waals surface area contributed by atoms with Crippen LogP contribution >= 0.6 is 0 Å². The molecule has 1 saturated carbocycles. The van der Waals surface area contributed by atoms with Crippen LogP contribution in [0.3, 0.4) is 0 Å². The van der Waals surface area contributed by atoms with Gasteiger partial charge in [-0.2, -0.15) is 0 Å². The van der Waals surface area contributed by atoms with Crippen LogP contribution in [0.2, 0.25) is 0 Å². The number of hydrogen-bond donors (Lipinski definition) is 1. The third-order valence-corrected chi connectivity index (χ3v) is 4.91. The average Bonchev–Trinajstić information content (AvgIpc) is 2.78. The van der Waals surface area contributed by atoms with Crippen molar-refractivity contribution in [2.45, 2.75) is 45.1 Å². The molecular formula is C17H20N2O3. The van der Waals surface area contributed by atoms with E-state index in [9.17, 15) is 9.59 Å². The molecule has 5 nitrogen and oxygen atoms in total. The molecule has 1 aromatic rings. The molecule has 4 rings (SSSR count). The number of nitrogens with one attached hydrogen (secondary N) is 1. The summed E-state index contributed by atoms with van der Waals surface area (Å²) < 4.78 is 5.50. The third kappa shape index (κ3) is 1.59. The minimum absolute atomic E-state index is 0.0511. The smallest absolute Gasteiger partial charge is 0.414 e. The van der Waals surface area contributed by atoms with E-state index >= 15 is 0 Å². The van der Waals surface area contributed by atoms with Gasteiger partial charge in [-0.15, -0.1) is 0 Å².